The van der Waals surface area contributed by atoms with Crippen LogP contribution < -0.4 is 4.90 Å². The molecular weight excluding hydrogens is 285 g/mol. The van der Waals surface area contributed by atoms with E-state index in [-0.39, 0.29) is 17.0 Å². The minimum absolute atomic E-state index is 0.336. The van der Waals surface area contributed by atoms with E-state index in [0.29, 0.717) is 5.56 Å². The van der Waals surface area contributed by atoms with Gasteiger partial charge in [0.15, 0.2) is 0 Å². The zero-order valence-electron chi connectivity index (χ0n) is 11.8. The average molecular weight is 304 g/mol. The molecule has 0 aromatic heterocycles. The van der Waals surface area contributed by atoms with Crippen LogP contribution in [0.1, 0.15) is 35.3 Å². The molecule has 0 aliphatic heterocycles. The zero-order valence-corrected chi connectivity index (χ0v) is 13.3. The summed E-state index contributed by atoms with van der Waals surface area (Å²) >= 11 is 12.4. The number of benzene rings is 1. The first-order chi connectivity index (χ1) is 8.79. The number of rotatable bonds is 4. The highest BCUT2D eigenvalue weighted by molar-refractivity contribution is 6.25. The van der Waals surface area contributed by atoms with Crippen molar-refractivity contribution < 1.29 is 9.53 Å². The number of hydrogen-bond acceptors (Lipinski definition) is 3. The molecule has 1 rings (SSSR count). The summed E-state index contributed by atoms with van der Waals surface area (Å²) in [4.78, 5) is 13.7. The molecule has 1 aromatic carbocycles. The standard InChI is InChI=1S/C14H19Cl2NO2/c1-8-6-9(2)13(12(7-8)14(18)19-5)17(10(3)15)11(4)16/h6-7,10-11H,1-5H3. The molecule has 1 aromatic rings. The number of nitrogens with zero attached hydrogens (tertiary/aromatic N) is 1. The summed E-state index contributed by atoms with van der Waals surface area (Å²) in [5.41, 5.74) is 2.48. The van der Waals surface area contributed by atoms with Crippen molar-refractivity contribution in [1.29, 1.82) is 0 Å². The molecule has 0 radical (unpaired) electrons. The molecule has 0 heterocycles. The van der Waals surface area contributed by atoms with Crippen LogP contribution in [0.2, 0.25) is 0 Å². The van der Waals surface area contributed by atoms with Crippen LogP contribution in [0, 0.1) is 13.8 Å². The third-order valence-corrected chi connectivity index (χ3v) is 3.30. The number of ether oxygens (including phenoxy) is 1. The number of halogens is 2. The fourth-order valence-electron chi connectivity index (χ4n) is 2.21. The summed E-state index contributed by atoms with van der Waals surface area (Å²) in [5.74, 6) is -0.388. The van der Waals surface area contributed by atoms with Gasteiger partial charge in [-0.2, -0.15) is 0 Å². The molecule has 0 saturated carbocycles. The van der Waals surface area contributed by atoms with Gasteiger partial charge in [0.25, 0.3) is 0 Å². The van der Waals surface area contributed by atoms with Crippen molar-refractivity contribution in [3.05, 3.63) is 28.8 Å². The molecule has 2 unspecified atom stereocenters. The number of carbonyl (C=O) groups excluding carboxylic acids is 1. The Bertz CT molecular complexity index is 465. The molecule has 3 nitrogen and oxygen atoms in total. The number of methoxy groups -OCH3 is 1. The molecule has 19 heavy (non-hydrogen) atoms. The molecule has 0 N–H and O–H groups in total. The molecule has 0 bridgehead atoms. The van der Waals surface area contributed by atoms with E-state index in [1.807, 2.05) is 33.8 Å². The predicted octanol–water partition coefficient (Wildman–Crippen LogP) is 4.07. The summed E-state index contributed by atoms with van der Waals surface area (Å²) in [7, 11) is 1.36. The van der Waals surface area contributed by atoms with Crippen molar-refractivity contribution in [2.75, 3.05) is 12.0 Å². The van der Waals surface area contributed by atoms with Crippen LogP contribution in [-0.4, -0.2) is 24.1 Å². The van der Waals surface area contributed by atoms with Crippen molar-refractivity contribution in [2.24, 2.45) is 0 Å². The number of esters is 1. The van der Waals surface area contributed by atoms with Crippen LogP contribution in [0.15, 0.2) is 12.1 Å². The number of carbonyl (C=O) groups is 1. The van der Waals surface area contributed by atoms with E-state index in [0.717, 1.165) is 16.8 Å². The third kappa shape index (κ3) is 3.54. The van der Waals surface area contributed by atoms with Gasteiger partial charge in [0, 0.05) is 0 Å². The summed E-state index contributed by atoms with van der Waals surface area (Å²) in [6.45, 7) is 7.50. The summed E-state index contributed by atoms with van der Waals surface area (Å²) in [6.07, 6.45) is 0. The first-order valence-electron chi connectivity index (χ1n) is 6.05. The van der Waals surface area contributed by atoms with Crippen molar-refractivity contribution >= 4 is 34.9 Å². The van der Waals surface area contributed by atoms with Gasteiger partial charge < -0.3 is 9.64 Å². The van der Waals surface area contributed by atoms with Crippen LogP contribution >= 0.6 is 23.2 Å². The van der Waals surface area contributed by atoms with E-state index in [2.05, 4.69) is 0 Å². The number of aryl methyl sites for hydroxylation is 2. The van der Waals surface area contributed by atoms with Crippen LogP contribution in [0.25, 0.3) is 0 Å². The maximum atomic E-state index is 12.0. The number of hydrogen-bond donors (Lipinski definition) is 0. The minimum atomic E-state index is -0.388. The molecule has 0 aliphatic rings. The molecule has 0 amide bonds. The van der Waals surface area contributed by atoms with E-state index in [4.69, 9.17) is 27.9 Å². The Labute approximate surface area is 124 Å². The normalized spacial score (nSPS) is 13.8. The SMILES string of the molecule is COC(=O)c1cc(C)cc(C)c1N(C(C)Cl)C(C)Cl. The van der Waals surface area contributed by atoms with Gasteiger partial charge in [-0.15, -0.1) is 0 Å². The Morgan fingerprint density at radius 3 is 2.16 bits per heavy atom. The first-order valence-corrected chi connectivity index (χ1v) is 6.93. The second kappa shape index (κ2) is 6.49. The second-order valence-electron chi connectivity index (χ2n) is 4.52. The Balaban J connectivity index is 3.51. The van der Waals surface area contributed by atoms with Crippen LogP contribution in [0.5, 0.6) is 0 Å². The smallest absolute Gasteiger partial charge is 0.339 e. The van der Waals surface area contributed by atoms with Crippen molar-refractivity contribution in [2.45, 2.75) is 38.7 Å². The molecule has 0 spiro atoms. The lowest BCUT2D eigenvalue weighted by Crippen LogP contribution is -2.36. The molecule has 0 aliphatic carbocycles. The summed E-state index contributed by atoms with van der Waals surface area (Å²) in [5, 5.41) is 0. The zero-order chi connectivity index (χ0) is 14.7. The maximum absolute atomic E-state index is 12.0. The summed E-state index contributed by atoms with van der Waals surface area (Å²) < 4.78 is 4.84. The highest BCUT2D eigenvalue weighted by atomic mass is 35.5. The molecular formula is C14H19Cl2NO2. The van der Waals surface area contributed by atoms with Gasteiger partial charge in [-0.25, -0.2) is 4.79 Å². The maximum Gasteiger partial charge on any atom is 0.339 e. The van der Waals surface area contributed by atoms with Crippen molar-refractivity contribution in [3.8, 4) is 0 Å². The van der Waals surface area contributed by atoms with Crippen molar-refractivity contribution in [3.63, 3.8) is 0 Å². The van der Waals surface area contributed by atoms with E-state index < -0.39 is 0 Å². The molecule has 0 saturated heterocycles. The van der Waals surface area contributed by atoms with Gasteiger partial charge in [-0.3, -0.25) is 0 Å². The Kier molecular flexibility index (Phi) is 5.50. The first kappa shape index (κ1) is 16.1. The van der Waals surface area contributed by atoms with E-state index >= 15 is 0 Å². The van der Waals surface area contributed by atoms with Crippen molar-refractivity contribution in [1.82, 2.24) is 0 Å². The lowest BCUT2D eigenvalue weighted by atomic mass is 10.0. The fraction of sp³-hybridized carbons (Fsp3) is 0.500. The fourth-order valence-corrected chi connectivity index (χ4v) is 2.80. The number of alkyl halides is 2. The van der Waals surface area contributed by atoms with E-state index in [9.17, 15) is 4.79 Å². The largest absolute Gasteiger partial charge is 0.465 e. The second-order valence-corrected chi connectivity index (χ2v) is 5.79. The predicted molar refractivity (Wildman–Crippen MR) is 80.4 cm³/mol. The Hall–Kier alpha value is -0.930. The van der Waals surface area contributed by atoms with Gasteiger partial charge in [-0.1, -0.05) is 29.3 Å². The molecule has 106 valence electrons. The highest BCUT2D eigenvalue weighted by Gasteiger charge is 2.25. The number of anilines is 1. The molecule has 2 atom stereocenters. The van der Waals surface area contributed by atoms with Crippen LogP contribution in [0.4, 0.5) is 5.69 Å². The van der Waals surface area contributed by atoms with Gasteiger partial charge in [0.1, 0.15) is 11.0 Å². The highest BCUT2D eigenvalue weighted by Crippen LogP contribution is 2.32. The topological polar surface area (TPSA) is 29.5 Å². The summed E-state index contributed by atoms with van der Waals surface area (Å²) in [6, 6.07) is 3.78. The Morgan fingerprint density at radius 1 is 1.21 bits per heavy atom. The van der Waals surface area contributed by atoms with Gasteiger partial charge >= 0.3 is 5.97 Å². The van der Waals surface area contributed by atoms with Crippen LogP contribution in [0.3, 0.4) is 0 Å². The van der Waals surface area contributed by atoms with Gasteiger partial charge in [0.05, 0.1) is 18.4 Å². The average Bonchev–Trinajstić information content (AvgIpc) is 2.29. The Morgan fingerprint density at radius 2 is 1.74 bits per heavy atom. The van der Waals surface area contributed by atoms with Gasteiger partial charge in [0.2, 0.25) is 0 Å². The third-order valence-electron chi connectivity index (χ3n) is 2.87. The molecule has 5 heteroatoms. The van der Waals surface area contributed by atoms with Crippen LogP contribution in [-0.2, 0) is 4.74 Å². The lowest BCUT2D eigenvalue weighted by Gasteiger charge is -2.32. The molecule has 0 fully saturated rings. The minimum Gasteiger partial charge on any atom is -0.465 e. The van der Waals surface area contributed by atoms with E-state index in [1.165, 1.54) is 7.11 Å². The van der Waals surface area contributed by atoms with Gasteiger partial charge in [-0.05, 0) is 44.9 Å². The lowest BCUT2D eigenvalue weighted by molar-refractivity contribution is 0.0601. The quantitative estimate of drug-likeness (QED) is 0.477. The monoisotopic (exact) mass is 303 g/mol. The van der Waals surface area contributed by atoms with E-state index in [1.54, 1.807) is 11.0 Å².